The molecule has 1 aliphatic carbocycles. The first-order valence-corrected chi connectivity index (χ1v) is 9.55. The van der Waals surface area contributed by atoms with Gasteiger partial charge in [-0.3, -0.25) is 4.79 Å². The SMILES string of the molecule is [3H]OC(/C=C/C1C(C/C=C\CCCC(=O)O)[C@@H](O)C[C@@H]1O[3H])CCC(CC)O[3H]. The molecule has 0 aromatic carbocycles. The fourth-order valence-electron chi connectivity index (χ4n) is 3.33. The molecule has 1 aliphatic rings. The fraction of sp³-hybridized carbons (Fsp3) is 0.750. The molecule has 1 fully saturated rings. The predicted octanol–water partition coefficient (Wildman–Crippen LogP) is 2.01. The summed E-state index contributed by atoms with van der Waals surface area (Å²) < 4.78 is 21.6. The minimum Gasteiger partial charge on any atom is -0.481 e. The molecule has 0 spiro atoms. The lowest BCUT2D eigenvalue weighted by Gasteiger charge is -2.19. The van der Waals surface area contributed by atoms with Crippen molar-refractivity contribution in [2.75, 3.05) is 0 Å². The van der Waals surface area contributed by atoms with Gasteiger partial charge in [0, 0.05) is 18.8 Å². The standard InChI is InChI=1S/C20H34O6/c1-2-14(21)9-10-15(22)11-12-17-16(18(23)13-19(17)24)7-5-3-4-6-8-20(25)26/h3,5,11-12,14-19,21-24H,2,4,6-10,13H2,1H3,(H,25,26)/b5-3-,12-11+/t14?,15?,16?,17?,18-,19-/m0/s1/i21T,22T,24T. The number of carboxylic acid groups (broad SMARTS) is 1. The second kappa shape index (κ2) is 12.2. The average molecular weight is 377 g/mol. The van der Waals surface area contributed by atoms with Crippen molar-refractivity contribution in [3.8, 4) is 0 Å². The maximum Gasteiger partial charge on any atom is 0.303 e. The van der Waals surface area contributed by atoms with Gasteiger partial charge in [0.2, 0.25) is 4.29 Å². The minimum atomic E-state index is -0.809. The maximum atomic E-state index is 10.5. The second-order valence-corrected chi connectivity index (χ2v) is 7.11. The number of rotatable bonds is 15. The summed E-state index contributed by atoms with van der Waals surface area (Å²) in [5.74, 6) is -1.11. The van der Waals surface area contributed by atoms with E-state index >= 15 is 0 Å². The molecule has 0 amide bonds. The number of carboxylic acids is 1. The quantitative estimate of drug-likeness (QED) is 0.220. The number of allylic oxidation sites excluding steroid dienone is 2. The molecule has 0 aromatic rings. The van der Waals surface area contributed by atoms with Crippen LogP contribution in [0.25, 0.3) is 0 Å². The molecular weight excluding hydrogens is 336 g/mol. The van der Waals surface area contributed by atoms with E-state index in [0.717, 1.165) is 0 Å². The van der Waals surface area contributed by atoms with E-state index in [2.05, 4.69) is 5.11 Å². The van der Waals surface area contributed by atoms with Crippen LogP contribution < -0.4 is 0 Å². The number of aliphatic hydroxyl groups is 4. The number of hydrogen-bond donors (Lipinski definition) is 5. The van der Waals surface area contributed by atoms with Crippen LogP contribution >= 0.6 is 0 Å². The Morgan fingerprint density at radius 2 is 2.12 bits per heavy atom. The molecule has 26 heavy (non-hydrogen) atoms. The van der Waals surface area contributed by atoms with E-state index in [1.807, 2.05) is 25.2 Å². The number of carbonyl (C=O) groups is 1. The van der Waals surface area contributed by atoms with Crippen molar-refractivity contribution in [3.05, 3.63) is 24.3 Å². The van der Waals surface area contributed by atoms with Crippen LogP contribution in [0.2, 0.25) is 0 Å². The monoisotopic (exact) mass is 376 g/mol. The molecule has 0 aliphatic heterocycles. The lowest BCUT2D eigenvalue weighted by molar-refractivity contribution is -0.137. The molecule has 0 radical (unpaired) electrons. The molecule has 150 valence electrons. The maximum absolute atomic E-state index is 10.5. The Hall–Kier alpha value is -1.21. The summed E-state index contributed by atoms with van der Waals surface area (Å²) in [7, 11) is 0. The van der Waals surface area contributed by atoms with Gasteiger partial charge >= 0.3 is 5.97 Å². The highest BCUT2D eigenvalue weighted by Crippen LogP contribution is 2.36. The molecule has 0 heterocycles. The summed E-state index contributed by atoms with van der Waals surface area (Å²) in [6, 6.07) is 0. The molecule has 5 N–H and O–H groups in total. The van der Waals surface area contributed by atoms with Crippen molar-refractivity contribution in [3.63, 3.8) is 0 Å². The Labute approximate surface area is 160 Å². The third-order valence-electron chi connectivity index (χ3n) is 5.00. The summed E-state index contributed by atoms with van der Waals surface area (Å²) in [5, 5.41) is 33.2. The first kappa shape index (κ1) is 18.2. The Morgan fingerprint density at radius 3 is 2.77 bits per heavy atom. The summed E-state index contributed by atoms with van der Waals surface area (Å²) >= 11 is 0. The highest BCUT2D eigenvalue weighted by molar-refractivity contribution is 5.66. The van der Waals surface area contributed by atoms with Gasteiger partial charge in [-0.1, -0.05) is 31.2 Å². The van der Waals surface area contributed by atoms with Crippen LogP contribution in [-0.2, 0) is 4.79 Å². The van der Waals surface area contributed by atoms with Crippen LogP contribution in [0.5, 0.6) is 0 Å². The molecule has 1 saturated carbocycles. The molecule has 6 heteroatoms. The summed E-state index contributed by atoms with van der Waals surface area (Å²) in [6.07, 6.45) is 9.99. The van der Waals surface area contributed by atoms with Gasteiger partial charge < -0.3 is 25.5 Å². The van der Waals surface area contributed by atoms with Gasteiger partial charge in [-0.05, 0) is 44.4 Å². The van der Waals surface area contributed by atoms with Crippen LogP contribution in [0.1, 0.15) is 58.3 Å². The van der Waals surface area contributed by atoms with E-state index in [0.29, 0.717) is 44.9 Å². The van der Waals surface area contributed by atoms with Gasteiger partial charge in [0.1, 0.15) is 0 Å². The number of unbranched alkanes of at least 4 members (excludes halogenated alkanes) is 1. The van der Waals surface area contributed by atoms with E-state index in [1.165, 1.54) is 0 Å². The third-order valence-corrected chi connectivity index (χ3v) is 5.00. The van der Waals surface area contributed by atoms with Gasteiger partial charge in [-0.15, -0.1) is 0 Å². The zero-order chi connectivity index (χ0) is 21.6. The zero-order valence-corrected chi connectivity index (χ0v) is 15.5. The fourth-order valence-corrected chi connectivity index (χ4v) is 3.33. The minimum absolute atomic E-state index is 0.122. The van der Waals surface area contributed by atoms with Gasteiger partial charge in [-0.2, -0.15) is 0 Å². The Kier molecular flexibility index (Phi) is 8.54. The summed E-state index contributed by atoms with van der Waals surface area (Å²) in [4.78, 5) is 10.5. The number of aliphatic hydroxyl groups excluding tert-OH is 4. The van der Waals surface area contributed by atoms with Crippen LogP contribution in [0.15, 0.2) is 24.3 Å². The van der Waals surface area contributed by atoms with E-state index in [9.17, 15) is 9.90 Å². The van der Waals surface area contributed by atoms with Gasteiger partial charge in [0.05, 0.1) is 24.4 Å². The first-order valence-electron chi connectivity index (χ1n) is 10.8. The van der Waals surface area contributed by atoms with Gasteiger partial charge in [0.15, 0.2) is 0 Å². The van der Waals surface area contributed by atoms with Crippen molar-refractivity contribution >= 4 is 5.97 Å². The Balaban J connectivity index is 2.65. The van der Waals surface area contributed by atoms with Crippen molar-refractivity contribution < 1.29 is 30.3 Å². The first-order chi connectivity index (χ1) is 14.0. The number of aliphatic carboxylic acids is 1. The Morgan fingerprint density at radius 1 is 1.27 bits per heavy atom. The Bertz CT molecular complexity index is 512. The molecule has 0 aromatic heterocycles. The topological polar surface area (TPSA) is 118 Å². The highest BCUT2D eigenvalue weighted by atomic mass is 16.4. The van der Waals surface area contributed by atoms with Gasteiger partial charge in [0.25, 0.3) is 0 Å². The van der Waals surface area contributed by atoms with E-state index in [1.54, 1.807) is 6.08 Å². The number of hydrogen-bond acceptors (Lipinski definition) is 5. The molecule has 0 bridgehead atoms. The van der Waals surface area contributed by atoms with E-state index < -0.39 is 24.3 Å². The molecule has 6 atom stereocenters. The van der Waals surface area contributed by atoms with Crippen LogP contribution in [0, 0.1) is 11.8 Å². The lowest BCUT2D eigenvalue weighted by atomic mass is 9.89. The molecular formula is C20H34O6. The van der Waals surface area contributed by atoms with E-state index in [-0.39, 0.29) is 24.4 Å². The van der Waals surface area contributed by atoms with Crippen molar-refractivity contribution in [1.29, 1.82) is 4.29 Å². The van der Waals surface area contributed by atoms with Crippen molar-refractivity contribution in [2.45, 2.75) is 82.7 Å². The zero-order valence-electron chi connectivity index (χ0n) is 18.5. The van der Waals surface area contributed by atoms with Crippen LogP contribution in [0.3, 0.4) is 0 Å². The van der Waals surface area contributed by atoms with Crippen LogP contribution in [-0.4, -0.2) is 60.2 Å². The van der Waals surface area contributed by atoms with Crippen LogP contribution in [0.4, 0.5) is 0 Å². The lowest BCUT2D eigenvalue weighted by Crippen LogP contribution is -2.20. The van der Waals surface area contributed by atoms with Crippen molar-refractivity contribution in [2.24, 2.45) is 11.8 Å². The smallest absolute Gasteiger partial charge is 0.303 e. The molecule has 6 nitrogen and oxygen atoms in total. The molecule has 1 rings (SSSR count). The largest absolute Gasteiger partial charge is 0.481 e. The molecule has 0 saturated heterocycles. The predicted molar refractivity (Wildman–Crippen MR) is 99.5 cm³/mol. The normalized spacial score (nSPS) is 30.3. The summed E-state index contributed by atoms with van der Waals surface area (Å²) in [6.45, 7) is 1.93. The van der Waals surface area contributed by atoms with Gasteiger partial charge in [-0.25, -0.2) is 0 Å². The average Bonchev–Trinajstić information content (AvgIpc) is 3.02. The summed E-state index contributed by atoms with van der Waals surface area (Å²) in [5.41, 5.74) is 0. The second-order valence-electron chi connectivity index (χ2n) is 7.11. The van der Waals surface area contributed by atoms with Crippen molar-refractivity contribution in [1.82, 2.24) is 0 Å². The highest BCUT2D eigenvalue weighted by Gasteiger charge is 2.39. The molecule has 4 unspecified atom stereocenters. The third kappa shape index (κ3) is 8.45. The van der Waals surface area contributed by atoms with E-state index in [4.69, 9.17) is 19.6 Å².